The summed E-state index contributed by atoms with van der Waals surface area (Å²) in [6, 6.07) is 0.618. The number of carboxylic acid groups (broad SMARTS) is 1. The summed E-state index contributed by atoms with van der Waals surface area (Å²) >= 11 is 0. The average molecular weight is 240 g/mol. The molecule has 0 aromatic heterocycles. The number of rotatable bonds is 3. The van der Waals surface area contributed by atoms with Crippen molar-refractivity contribution in [3.05, 3.63) is 0 Å². The molecule has 0 aromatic rings. The monoisotopic (exact) mass is 240 g/mol. The number of carboxylic acids is 1. The molecular formula is C13H24N2O2. The Morgan fingerprint density at radius 1 is 1.35 bits per heavy atom. The van der Waals surface area contributed by atoms with Crippen LogP contribution in [-0.2, 0) is 4.79 Å². The molecule has 4 heteroatoms. The molecular weight excluding hydrogens is 216 g/mol. The Morgan fingerprint density at radius 3 is 2.65 bits per heavy atom. The molecule has 2 saturated heterocycles. The molecule has 2 aliphatic heterocycles. The standard InChI is InChI=1S/C13H24N2O2/c1-9(2)12(13(16)17)15-8-11-5-4-6-14(11)7-10(15)3/h9-12H,4-8H2,1-3H3,(H,16,17). The Kier molecular flexibility index (Phi) is 3.73. The molecule has 3 unspecified atom stereocenters. The first-order valence-corrected chi connectivity index (χ1v) is 6.73. The second-order valence-electron chi connectivity index (χ2n) is 5.86. The molecule has 2 aliphatic rings. The van der Waals surface area contributed by atoms with Crippen molar-refractivity contribution in [2.24, 2.45) is 5.92 Å². The Hall–Kier alpha value is -0.610. The molecule has 0 amide bonds. The number of aliphatic carboxylic acids is 1. The van der Waals surface area contributed by atoms with E-state index in [1.165, 1.54) is 19.4 Å². The summed E-state index contributed by atoms with van der Waals surface area (Å²) in [6.45, 7) is 9.33. The number of hydrogen-bond acceptors (Lipinski definition) is 3. The first-order chi connectivity index (χ1) is 8.00. The summed E-state index contributed by atoms with van der Waals surface area (Å²) in [4.78, 5) is 16.2. The van der Waals surface area contributed by atoms with Crippen molar-refractivity contribution in [3.63, 3.8) is 0 Å². The Labute approximate surface area is 104 Å². The first-order valence-electron chi connectivity index (χ1n) is 6.73. The van der Waals surface area contributed by atoms with E-state index in [1.54, 1.807) is 0 Å². The van der Waals surface area contributed by atoms with Crippen LogP contribution in [0.5, 0.6) is 0 Å². The van der Waals surface area contributed by atoms with Crippen molar-refractivity contribution in [1.29, 1.82) is 0 Å². The van der Waals surface area contributed by atoms with Crippen LogP contribution in [0.1, 0.15) is 33.6 Å². The number of carbonyl (C=O) groups is 1. The van der Waals surface area contributed by atoms with Gasteiger partial charge < -0.3 is 5.11 Å². The van der Waals surface area contributed by atoms with Gasteiger partial charge in [0, 0.05) is 25.2 Å². The maximum atomic E-state index is 11.4. The van der Waals surface area contributed by atoms with Gasteiger partial charge in [0.05, 0.1) is 0 Å². The Bertz CT molecular complexity index is 293. The van der Waals surface area contributed by atoms with E-state index >= 15 is 0 Å². The summed E-state index contributed by atoms with van der Waals surface area (Å²) < 4.78 is 0. The second kappa shape index (κ2) is 4.94. The predicted molar refractivity (Wildman–Crippen MR) is 67.0 cm³/mol. The number of fused-ring (bicyclic) bond motifs is 1. The van der Waals surface area contributed by atoms with Crippen LogP contribution >= 0.6 is 0 Å². The molecule has 98 valence electrons. The van der Waals surface area contributed by atoms with Crippen LogP contribution in [0, 0.1) is 5.92 Å². The van der Waals surface area contributed by atoms with Crippen LogP contribution in [-0.4, -0.2) is 58.6 Å². The smallest absolute Gasteiger partial charge is 0.321 e. The zero-order valence-corrected chi connectivity index (χ0v) is 11.1. The fourth-order valence-electron chi connectivity index (χ4n) is 3.41. The summed E-state index contributed by atoms with van der Waals surface area (Å²) in [5.74, 6) is -0.499. The van der Waals surface area contributed by atoms with Crippen LogP contribution in [0.4, 0.5) is 0 Å². The molecule has 2 heterocycles. The van der Waals surface area contributed by atoms with Crippen molar-refractivity contribution in [2.45, 2.75) is 51.7 Å². The third-order valence-electron chi connectivity index (χ3n) is 4.23. The van der Waals surface area contributed by atoms with Gasteiger partial charge in [0.1, 0.15) is 6.04 Å². The molecule has 2 rings (SSSR count). The van der Waals surface area contributed by atoms with Crippen LogP contribution in [0.15, 0.2) is 0 Å². The maximum absolute atomic E-state index is 11.4. The molecule has 17 heavy (non-hydrogen) atoms. The maximum Gasteiger partial charge on any atom is 0.321 e. The lowest BCUT2D eigenvalue weighted by Gasteiger charge is -2.45. The highest BCUT2D eigenvalue weighted by Crippen LogP contribution is 2.27. The largest absolute Gasteiger partial charge is 0.480 e. The highest BCUT2D eigenvalue weighted by atomic mass is 16.4. The zero-order valence-electron chi connectivity index (χ0n) is 11.1. The van der Waals surface area contributed by atoms with Crippen LogP contribution in [0.2, 0.25) is 0 Å². The quantitative estimate of drug-likeness (QED) is 0.806. The molecule has 0 bridgehead atoms. The zero-order chi connectivity index (χ0) is 12.6. The van der Waals surface area contributed by atoms with Crippen molar-refractivity contribution in [1.82, 2.24) is 9.80 Å². The van der Waals surface area contributed by atoms with E-state index in [9.17, 15) is 9.90 Å². The van der Waals surface area contributed by atoms with E-state index in [2.05, 4.69) is 16.7 Å². The van der Waals surface area contributed by atoms with Crippen LogP contribution < -0.4 is 0 Å². The Morgan fingerprint density at radius 2 is 2.06 bits per heavy atom. The molecule has 0 saturated carbocycles. The van der Waals surface area contributed by atoms with E-state index in [0.717, 1.165) is 13.1 Å². The van der Waals surface area contributed by atoms with E-state index in [4.69, 9.17) is 0 Å². The molecule has 4 nitrogen and oxygen atoms in total. The van der Waals surface area contributed by atoms with Gasteiger partial charge in [0.15, 0.2) is 0 Å². The normalized spacial score (nSPS) is 32.7. The average Bonchev–Trinajstić information content (AvgIpc) is 2.64. The van der Waals surface area contributed by atoms with Gasteiger partial charge in [-0.05, 0) is 32.2 Å². The Balaban J connectivity index is 2.11. The van der Waals surface area contributed by atoms with Crippen LogP contribution in [0.3, 0.4) is 0 Å². The van der Waals surface area contributed by atoms with Crippen molar-refractivity contribution in [3.8, 4) is 0 Å². The highest BCUT2D eigenvalue weighted by molar-refractivity contribution is 5.73. The van der Waals surface area contributed by atoms with Gasteiger partial charge in [0.25, 0.3) is 0 Å². The fraction of sp³-hybridized carbons (Fsp3) is 0.923. The van der Waals surface area contributed by atoms with E-state index < -0.39 is 5.97 Å². The third kappa shape index (κ3) is 2.47. The molecule has 0 aliphatic carbocycles. The second-order valence-corrected chi connectivity index (χ2v) is 5.86. The molecule has 0 radical (unpaired) electrons. The van der Waals surface area contributed by atoms with Gasteiger partial charge in [-0.1, -0.05) is 13.8 Å². The predicted octanol–water partition coefficient (Wildman–Crippen LogP) is 1.26. The van der Waals surface area contributed by atoms with E-state index in [0.29, 0.717) is 12.1 Å². The third-order valence-corrected chi connectivity index (χ3v) is 4.23. The lowest BCUT2D eigenvalue weighted by molar-refractivity contribution is -0.148. The lowest BCUT2D eigenvalue weighted by Crippen LogP contribution is -2.60. The van der Waals surface area contributed by atoms with Crippen molar-refractivity contribution in [2.75, 3.05) is 19.6 Å². The minimum atomic E-state index is -0.668. The SMILES string of the molecule is CC(C)C(C(=O)O)N1CC2CCCN2CC1C. The first kappa shape index (κ1) is 12.8. The minimum absolute atomic E-state index is 0.169. The van der Waals surface area contributed by atoms with Crippen molar-refractivity contribution >= 4 is 5.97 Å². The molecule has 0 aromatic carbocycles. The van der Waals surface area contributed by atoms with Gasteiger partial charge in [-0.15, -0.1) is 0 Å². The van der Waals surface area contributed by atoms with Gasteiger partial charge in [-0.2, -0.15) is 0 Å². The van der Waals surface area contributed by atoms with Crippen LogP contribution in [0.25, 0.3) is 0 Å². The number of nitrogens with zero attached hydrogens (tertiary/aromatic N) is 2. The minimum Gasteiger partial charge on any atom is -0.480 e. The topological polar surface area (TPSA) is 43.8 Å². The van der Waals surface area contributed by atoms with Gasteiger partial charge >= 0.3 is 5.97 Å². The summed E-state index contributed by atoms with van der Waals surface area (Å²) in [5.41, 5.74) is 0. The molecule has 1 N–H and O–H groups in total. The number of hydrogen-bond donors (Lipinski definition) is 1. The fourth-order valence-corrected chi connectivity index (χ4v) is 3.41. The van der Waals surface area contributed by atoms with Gasteiger partial charge in [0.2, 0.25) is 0 Å². The van der Waals surface area contributed by atoms with E-state index in [1.807, 2.05) is 13.8 Å². The van der Waals surface area contributed by atoms with Gasteiger partial charge in [-0.25, -0.2) is 0 Å². The highest BCUT2D eigenvalue weighted by Gasteiger charge is 2.40. The molecule has 2 fully saturated rings. The van der Waals surface area contributed by atoms with E-state index in [-0.39, 0.29) is 12.0 Å². The summed E-state index contributed by atoms with van der Waals surface area (Å²) in [6.07, 6.45) is 2.50. The van der Waals surface area contributed by atoms with Crippen molar-refractivity contribution < 1.29 is 9.90 Å². The van der Waals surface area contributed by atoms with Gasteiger partial charge in [-0.3, -0.25) is 14.6 Å². The molecule has 3 atom stereocenters. The lowest BCUT2D eigenvalue weighted by atomic mass is 9.97. The number of piperazine rings is 1. The summed E-state index contributed by atoms with van der Waals surface area (Å²) in [5, 5.41) is 9.40. The molecule has 0 spiro atoms. The summed E-state index contributed by atoms with van der Waals surface area (Å²) in [7, 11) is 0.